The molecule has 1 aromatic carbocycles. The molecule has 30 heavy (non-hydrogen) atoms. The first-order valence-corrected chi connectivity index (χ1v) is 9.46. The van der Waals surface area contributed by atoms with Gasteiger partial charge < -0.3 is 4.52 Å². The molecule has 4 aromatic rings. The predicted molar refractivity (Wildman–Crippen MR) is 109 cm³/mol. The van der Waals surface area contributed by atoms with Crippen molar-refractivity contribution in [2.75, 3.05) is 0 Å². The van der Waals surface area contributed by atoms with Crippen molar-refractivity contribution in [1.82, 2.24) is 30.1 Å². The van der Waals surface area contributed by atoms with E-state index in [1.54, 1.807) is 35.3 Å². The Balaban J connectivity index is 1.63. The van der Waals surface area contributed by atoms with Crippen molar-refractivity contribution in [3.05, 3.63) is 78.7 Å². The van der Waals surface area contributed by atoms with Crippen molar-refractivity contribution in [2.45, 2.75) is 19.1 Å². The second-order valence-electron chi connectivity index (χ2n) is 6.96. The maximum absolute atomic E-state index is 14.6. The summed E-state index contributed by atoms with van der Waals surface area (Å²) in [6.07, 6.45) is 8.80. The summed E-state index contributed by atoms with van der Waals surface area (Å²) in [6, 6.07) is 10.8. The topological polar surface area (TPSA) is 82.5 Å². The highest BCUT2D eigenvalue weighted by molar-refractivity contribution is 5.74. The molecule has 1 aliphatic carbocycles. The van der Waals surface area contributed by atoms with Gasteiger partial charge >= 0.3 is 0 Å². The third-order valence-corrected chi connectivity index (χ3v) is 4.88. The van der Waals surface area contributed by atoms with Crippen LogP contribution in [-0.2, 0) is 0 Å². The van der Waals surface area contributed by atoms with Gasteiger partial charge in [-0.3, -0.25) is 4.98 Å². The van der Waals surface area contributed by atoms with Gasteiger partial charge in [0, 0.05) is 23.5 Å². The molecule has 3 aromatic heterocycles. The molecule has 0 N–H and O–H groups in total. The lowest BCUT2D eigenvalue weighted by molar-refractivity contribution is 0.300. The molecular weight excluding hydrogens is 383 g/mol. The molecule has 0 amide bonds. The number of allylic oxidation sites excluding steroid dienone is 4. The van der Waals surface area contributed by atoms with Gasteiger partial charge in [0.05, 0.1) is 0 Å². The minimum atomic E-state index is -1.23. The van der Waals surface area contributed by atoms with Gasteiger partial charge in [0.25, 0.3) is 5.89 Å². The van der Waals surface area contributed by atoms with E-state index in [9.17, 15) is 4.39 Å². The Morgan fingerprint density at radius 1 is 1.03 bits per heavy atom. The van der Waals surface area contributed by atoms with E-state index < -0.39 is 12.2 Å². The second-order valence-corrected chi connectivity index (χ2v) is 6.96. The standard InChI is InChI=1S/C22H17FN6O/c1-14-5-4-6-16(13-14)21-25-22(30-27-21)19-20(15-9-11-24-12-10-15)29(28-26-19)18-8-3-2-7-17(18)23/h2-13,17-18H,1H3/t17?,18-/m0/s1. The van der Waals surface area contributed by atoms with E-state index in [1.807, 2.05) is 43.3 Å². The summed E-state index contributed by atoms with van der Waals surface area (Å²) in [5.74, 6) is 0.670. The number of aromatic nitrogens is 6. The van der Waals surface area contributed by atoms with E-state index in [1.165, 1.54) is 6.08 Å². The molecule has 0 spiro atoms. The number of benzene rings is 1. The predicted octanol–water partition coefficient (Wildman–Crippen LogP) is 4.37. The summed E-state index contributed by atoms with van der Waals surface area (Å²) in [5, 5.41) is 12.6. The van der Waals surface area contributed by atoms with E-state index in [0.29, 0.717) is 17.2 Å². The van der Waals surface area contributed by atoms with E-state index in [4.69, 9.17) is 4.52 Å². The van der Waals surface area contributed by atoms with Gasteiger partial charge in [-0.1, -0.05) is 52.4 Å². The number of alkyl halides is 1. The van der Waals surface area contributed by atoms with Crippen molar-refractivity contribution in [3.63, 3.8) is 0 Å². The number of nitrogens with zero attached hydrogens (tertiary/aromatic N) is 6. The fourth-order valence-electron chi connectivity index (χ4n) is 3.43. The Morgan fingerprint density at radius 3 is 2.67 bits per heavy atom. The molecular formula is C22H17FN6O. The molecule has 1 aliphatic rings. The zero-order valence-electron chi connectivity index (χ0n) is 16.1. The lowest BCUT2D eigenvalue weighted by Gasteiger charge is -2.19. The van der Waals surface area contributed by atoms with Crippen LogP contribution in [0.25, 0.3) is 34.2 Å². The summed E-state index contributed by atoms with van der Waals surface area (Å²) in [7, 11) is 0. The quantitative estimate of drug-likeness (QED) is 0.506. The fraction of sp³-hybridized carbons (Fsp3) is 0.136. The molecule has 5 rings (SSSR count). The second kappa shape index (κ2) is 7.47. The minimum Gasteiger partial charge on any atom is -0.332 e. The highest BCUT2D eigenvalue weighted by Crippen LogP contribution is 2.34. The number of pyridine rings is 1. The van der Waals surface area contributed by atoms with Crippen molar-refractivity contribution < 1.29 is 8.91 Å². The average Bonchev–Trinajstić information content (AvgIpc) is 3.42. The zero-order chi connectivity index (χ0) is 20.5. The smallest absolute Gasteiger partial charge is 0.281 e. The van der Waals surface area contributed by atoms with Gasteiger partial charge in [0.1, 0.15) is 17.9 Å². The first kappa shape index (κ1) is 18.1. The Bertz CT molecular complexity index is 1240. The molecule has 0 saturated carbocycles. The van der Waals surface area contributed by atoms with Crippen LogP contribution in [0.3, 0.4) is 0 Å². The Kier molecular flexibility index (Phi) is 4.51. The Labute approximate surface area is 171 Å². The van der Waals surface area contributed by atoms with Crippen LogP contribution < -0.4 is 0 Å². The normalized spacial score (nSPS) is 18.1. The van der Waals surface area contributed by atoms with Crippen LogP contribution in [0.2, 0.25) is 0 Å². The van der Waals surface area contributed by atoms with Gasteiger partial charge in [-0.25, -0.2) is 9.07 Å². The average molecular weight is 400 g/mol. The fourth-order valence-corrected chi connectivity index (χ4v) is 3.43. The van der Waals surface area contributed by atoms with Gasteiger partial charge in [-0.15, -0.1) is 5.10 Å². The van der Waals surface area contributed by atoms with Gasteiger partial charge in [0.2, 0.25) is 5.82 Å². The van der Waals surface area contributed by atoms with E-state index in [-0.39, 0.29) is 5.89 Å². The van der Waals surface area contributed by atoms with E-state index in [0.717, 1.165) is 16.7 Å². The largest absolute Gasteiger partial charge is 0.332 e. The van der Waals surface area contributed by atoms with Crippen LogP contribution in [0.15, 0.2) is 77.6 Å². The zero-order valence-corrected chi connectivity index (χ0v) is 16.1. The van der Waals surface area contributed by atoms with Crippen LogP contribution >= 0.6 is 0 Å². The van der Waals surface area contributed by atoms with Crippen molar-refractivity contribution in [3.8, 4) is 34.2 Å². The third kappa shape index (κ3) is 3.22. The van der Waals surface area contributed by atoms with Crippen LogP contribution in [-0.4, -0.2) is 36.3 Å². The van der Waals surface area contributed by atoms with Crippen molar-refractivity contribution >= 4 is 0 Å². The molecule has 0 radical (unpaired) electrons. The molecule has 0 fully saturated rings. The molecule has 3 heterocycles. The molecule has 2 atom stereocenters. The monoisotopic (exact) mass is 400 g/mol. The number of aryl methyl sites for hydroxylation is 1. The molecule has 8 heteroatoms. The summed E-state index contributed by atoms with van der Waals surface area (Å²) >= 11 is 0. The number of hydrogen-bond donors (Lipinski definition) is 0. The van der Waals surface area contributed by atoms with E-state index in [2.05, 4.69) is 25.4 Å². The highest BCUT2D eigenvalue weighted by Gasteiger charge is 2.29. The number of hydrogen-bond acceptors (Lipinski definition) is 6. The highest BCUT2D eigenvalue weighted by atomic mass is 19.1. The molecule has 0 aliphatic heterocycles. The van der Waals surface area contributed by atoms with Gasteiger partial charge in [-0.05, 0) is 31.2 Å². The maximum Gasteiger partial charge on any atom is 0.281 e. The van der Waals surface area contributed by atoms with Crippen LogP contribution in [0.1, 0.15) is 11.6 Å². The molecule has 0 bridgehead atoms. The number of rotatable bonds is 4. The lowest BCUT2D eigenvalue weighted by Crippen LogP contribution is -2.20. The molecule has 0 saturated heterocycles. The van der Waals surface area contributed by atoms with Crippen LogP contribution in [0, 0.1) is 6.92 Å². The van der Waals surface area contributed by atoms with Crippen LogP contribution in [0.4, 0.5) is 4.39 Å². The maximum atomic E-state index is 14.6. The summed E-state index contributed by atoms with van der Waals surface area (Å²) < 4.78 is 21.7. The molecule has 7 nitrogen and oxygen atoms in total. The SMILES string of the molecule is Cc1cccc(-c2noc(-c3nnn([C@H]4C=CC=CC4F)c3-c3ccncc3)n2)c1. The van der Waals surface area contributed by atoms with Gasteiger partial charge in [-0.2, -0.15) is 4.98 Å². The van der Waals surface area contributed by atoms with Gasteiger partial charge in [0.15, 0.2) is 5.69 Å². The lowest BCUT2D eigenvalue weighted by atomic mass is 10.1. The molecule has 1 unspecified atom stereocenters. The van der Waals surface area contributed by atoms with Crippen molar-refractivity contribution in [1.29, 1.82) is 0 Å². The summed E-state index contributed by atoms with van der Waals surface area (Å²) in [6.45, 7) is 2.00. The van der Waals surface area contributed by atoms with Crippen LogP contribution in [0.5, 0.6) is 0 Å². The third-order valence-electron chi connectivity index (χ3n) is 4.88. The first-order chi connectivity index (χ1) is 14.7. The first-order valence-electron chi connectivity index (χ1n) is 9.46. The Morgan fingerprint density at radius 2 is 1.87 bits per heavy atom. The summed E-state index contributed by atoms with van der Waals surface area (Å²) in [4.78, 5) is 8.59. The number of halogens is 1. The Hall–Kier alpha value is -3.94. The van der Waals surface area contributed by atoms with Crippen molar-refractivity contribution in [2.24, 2.45) is 0 Å². The summed E-state index contributed by atoms with van der Waals surface area (Å²) in [5.41, 5.74) is 3.68. The minimum absolute atomic E-state index is 0.218. The van der Waals surface area contributed by atoms with E-state index >= 15 is 0 Å². The molecule has 148 valence electrons.